The predicted octanol–water partition coefficient (Wildman–Crippen LogP) is 1.01. The molecule has 112 valence electrons. The second-order valence-electron chi connectivity index (χ2n) is 6.24. The zero-order chi connectivity index (χ0) is 15.3. The van der Waals surface area contributed by atoms with Gasteiger partial charge in [-0.1, -0.05) is 0 Å². The number of nitrogens with two attached hydrogens (primary N) is 1. The van der Waals surface area contributed by atoms with E-state index in [2.05, 4.69) is 0 Å². The van der Waals surface area contributed by atoms with Crippen molar-refractivity contribution in [3.63, 3.8) is 0 Å². The summed E-state index contributed by atoms with van der Waals surface area (Å²) in [5.74, 6) is -1.06. The van der Waals surface area contributed by atoms with Gasteiger partial charge in [-0.2, -0.15) is 0 Å². The summed E-state index contributed by atoms with van der Waals surface area (Å²) >= 11 is 0. The van der Waals surface area contributed by atoms with Crippen LogP contribution in [0.2, 0.25) is 0 Å². The van der Waals surface area contributed by atoms with Crippen molar-refractivity contribution in [1.29, 1.82) is 0 Å². The molecule has 0 aliphatic carbocycles. The highest BCUT2D eigenvalue weighted by Crippen LogP contribution is 2.08. The quantitative estimate of drug-likeness (QED) is 0.753. The number of carbonyl (C=O) groups is 2. The molecular formula is C13H25NO5. The third kappa shape index (κ3) is 10.5. The third-order valence-electron chi connectivity index (χ3n) is 1.65. The minimum absolute atomic E-state index is 0.0891. The van der Waals surface area contributed by atoms with Crippen LogP contribution in [-0.4, -0.2) is 42.4 Å². The van der Waals surface area contributed by atoms with Gasteiger partial charge in [0, 0.05) is 0 Å². The highest BCUT2D eigenvalue weighted by Gasteiger charge is 2.23. The van der Waals surface area contributed by atoms with Crippen molar-refractivity contribution in [3.8, 4) is 0 Å². The summed E-state index contributed by atoms with van der Waals surface area (Å²) in [6.45, 7) is 10.2. The average molecular weight is 275 g/mol. The second kappa shape index (κ2) is 6.86. The zero-order valence-corrected chi connectivity index (χ0v) is 12.6. The van der Waals surface area contributed by atoms with Crippen molar-refractivity contribution in [2.75, 3.05) is 13.2 Å². The molecule has 0 aromatic carbocycles. The van der Waals surface area contributed by atoms with Gasteiger partial charge in [0.15, 0.2) is 0 Å². The molecule has 0 saturated carbocycles. The Morgan fingerprint density at radius 2 is 1.47 bits per heavy atom. The van der Waals surface area contributed by atoms with E-state index in [4.69, 9.17) is 19.9 Å². The van der Waals surface area contributed by atoms with Crippen LogP contribution in [0.25, 0.3) is 0 Å². The Labute approximate surface area is 114 Å². The van der Waals surface area contributed by atoms with Gasteiger partial charge in [-0.3, -0.25) is 4.79 Å². The SMILES string of the molecule is CC(C)(C)OC(=O)COC[C@H](N)C(=O)OC(C)(C)C. The molecule has 0 fully saturated rings. The molecule has 2 N–H and O–H groups in total. The molecule has 1 atom stereocenters. The molecule has 0 aromatic heterocycles. The Hall–Kier alpha value is -1.14. The van der Waals surface area contributed by atoms with Gasteiger partial charge in [-0.15, -0.1) is 0 Å². The van der Waals surface area contributed by atoms with E-state index >= 15 is 0 Å². The Morgan fingerprint density at radius 1 is 1.00 bits per heavy atom. The second-order valence-corrected chi connectivity index (χ2v) is 6.24. The Bertz CT molecular complexity index is 314. The largest absolute Gasteiger partial charge is 0.459 e. The maximum absolute atomic E-state index is 11.5. The summed E-state index contributed by atoms with van der Waals surface area (Å²) in [6.07, 6.45) is 0. The molecule has 0 saturated heterocycles. The van der Waals surface area contributed by atoms with Crippen LogP contribution in [0.15, 0.2) is 0 Å². The number of rotatable bonds is 5. The molecule has 0 amide bonds. The lowest BCUT2D eigenvalue weighted by atomic mass is 10.2. The lowest BCUT2D eigenvalue weighted by Crippen LogP contribution is -2.41. The first-order valence-electron chi connectivity index (χ1n) is 6.19. The highest BCUT2D eigenvalue weighted by atomic mass is 16.6. The normalized spacial score (nSPS) is 13.8. The molecule has 0 radical (unpaired) electrons. The molecule has 0 bridgehead atoms. The van der Waals surface area contributed by atoms with Crippen molar-refractivity contribution < 1.29 is 23.8 Å². The molecule has 19 heavy (non-hydrogen) atoms. The van der Waals surface area contributed by atoms with Gasteiger partial charge in [0.1, 0.15) is 23.9 Å². The lowest BCUT2D eigenvalue weighted by molar-refractivity contribution is -0.164. The maximum atomic E-state index is 11.5. The zero-order valence-electron chi connectivity index (χ0n) is 12.6. The fourth-order valence-corrected chi connectivity index (χ4v) is 1.09. The maximum Gasteiger partial charge on any atom is 0.332 e. The van der Waals surface area contributed by atoms with Crippen LogP contribution < -0.4 is 5.73 Å². The fraction of sp³-hybridized carbons (Fsp3) is 0.846. The van der Waals surface area contributed by atoms with E-state index in [9.17, 15) is 9.59 Å². The summed E-state index contributed by atoms with van der Waals surface area (Å²) in [4.78, 5) is 22.9. The molecule has 0 aliphatic heterocycles. The van der Waals surface area contributed by atoms with Crippen molar-refractivity contribution in [1.82, 2.24) is 0 Å². The molecule has 0 rings (SSSR count). The Morgan fingerprint density at radius 3 is 1.89 bits per heavy atom. The number of hydrogen-bond donors (Lipinski definition) is 1. The topological polar surface area (TPSA) is 87.9 Å². The molecule has 0 heterocycles. The van der Waals surface area contributed by atoms with Crippen LogP contribution >= 0.6 is 0 Å². The van der Waals surface area contributed by atoms with Crippen molar-refractivity contribution in [3.05, 3.63) is 0 Å². The summed E-state index contributed by atoms with van der Waals surface area (Å²) in [5, 5.41) is 0. The van der Waals surface area contributed by atoms with Gasteiger partial charge in [0.05, 0.1) is 6.61 Å². The molecule has 0 spiro atoms. The predicted molar refractivity (Wildman–Crippen MR) is 70.5 cm³/mol. The summed E-state index contributed by atoms with van der Waals surface area (Å²) in [7, 11) is 0. The first-order chi connectivity index (χ1) is 8.41. The van der Waals surface area contributed by atoms with E-state index in [1.807, 2.05) is 0 Å². The monoisotopic (exact) mass is 275 g/mol. The van der Waals surface area contributed by atoms with Crippen LogP contribution in [0, 0.1) is 0 Å². The molecule has 0 aliphatic rings. The van der Waals surface area contributed by atoms with E-state index in [0.29, 0.717) is 0 Å². The highest BCUT2D eigenvalue weighted by molar-refractivity contribution is 5.76. The van der Waals surface area contributed by atoms with E-state index in [1.165, 1.54) is 0 Å². The number of hydrogen-bond acceptors (Lipinski definition) is 6. The average Bonchev–Trinajstić information content (AvgIpc) is 2.11. The van der Waals surface area contributed by atoms with Crippen molar-refractivity contribution in [2.45, 2.75) is 58.8 Å². The minimum atomic E-state index is -0.915. The van der Waals surface area contributed by atoms with Crippen LogP contribution in [0.3, 0.4) is 0 Å². The Balaban J connectivity index is 3.95. The summed E-state index contributed by atoms with van der Waals surface area (Å²) < 4.78 is 15.2. The molecule has 6 heteroatoms. The van der Waals surface area contributed by atoms with Gasteiger partial charge in [0.25, 0.3) is 0 Å². The minimum Gasteiger partial charge on any atom is -0.459 e. The lowest BCUT2D eigenvalue weighted by Gasteiger charge is -2.22. The van der Waals surface area contributed by atoms with Gasteiger partial charge in [0.2, 0.25) is 0 Å². The van der Waals surface area contributed by atoms with Crippen LogP contribution in [0.1, 0.15) is 41.5 Å². The van der Waals surface area contributed by atoms with E-state index < -0.39 is 29.2 Å². The van der Waals surface area contributed by atoms with E-state index in [-0.39, 0.29) is 13.2 Å². The van der Waals surface area contributed by atoms with E-state index in [0.717, 1.165) is 0 Å². The van der Waals surface area contributed by atoms with Gasteiger partial charge in [-0.05, 0) is 41.5 Å². The van der Waals surface area contributed by atoms with Crippen LogP contribution in [-0.2, 0) is 23.8 Å². The Kier molecular flexibility index (Phi) is 6.45. The van der Waals surface area contributed by atoms with Crippen molar-refractivity contribution >= 4 is 11.9 Å². The van der Waals surface area contributed by atoms with Crippen molar-refractivity contribution in [2.24, 2.45) is 5.73 Å². The third-order valence-corrected chi connectivity index (χ3v) is 1.65. The van der Waals surface area contributed by atoms with Gasteiger partial charge in [-0.25, -0.2) is 4.79 Å². The fourth-order valence-electron chi connectivity index (χ4n) is 1.09. The van der Waals surface area contributed by atoms with Gasteiger partial charge < -0.3 is 19.9 Å². The standard InChI is InChI=1S/C13H25NO5/c1-12(2,3)18-10(15)8-17-7-9(14)11(16)19-13(4,5)6/h9H,7-8,14H2,1-6H3/t9-/m0/s1. The number of ether oxygens (including phenoxy) is 3. The molecular weight excluding hydrogens is 250 g/mol. The molecule has 6 nitrogen and oxygen atoms in total. The smallest absolute Gasteiger partial charge is 0.332 e. The summed E-state index contributed by atoms with van der Waals surface area (Å²) in [5.41, 5.74) is 4.43. The van der Waals surface area contributed by atoms with Crippen LogP contribution in [0.4, 0.5) is 0 Å². The molecule has 0 unspecified atom stereocenters. The van der Waals surface area contributed by atoms with Crippen LogP contribution in [0.5, 0.6) is 0 Å². The van der Waals surface area contributed by atoms with E-state index in [1.54, 1.807) is 41.5 Å². The first-order valence-corrected chi connectivity index (χ1v) is 6.19. The number of esters is 2. The first kappa shape index (κ1) is 17.9. The van der Waals surface area contributed by atoms with Gasteiger partial charge >= 0.3 is 11.9 Å². The summed E-state index contributed by atoms with van der Waals surface area (Å²) in [6, 6.07) is -0.915. The molecule has 0 aromatic rings. The number of carbonyl (C=O) groups excluding carboxylic acids is 2.